The zero-order valence-electron chi connectivity index (χ0n) is 36.6. The zero-order chi connectivity index (χ0) is 45.2. The van der Waals surface area contributed by atoms with Crippen LogP contribution in [0.2, 0.25) is 0 Å². The van der Waals surface area contributed by atoms with E-state index in [0.29, 0.717) is 11.5 Å². The van der Waals surface area contributed by atoms with Crippen LogP contribution in [0, 0.1) is 23.2 Å². The van der Waals surface area contributed by atoms with E-state index in [2.05, 4.69) is 61.3 Å². The first-order chi connectivity index (χ1) is 31.0. The Balaban J connectivity index is 1.29. The maximum absolute atomic E-state index is 13.7. The maximum Gasteiger partial charge on any atom is 0.330 e. The van der Waals surface area contributed by atoms with Crippen molar-refractivity contribution in [3.63, 3.8) is 0 Å². The minimum atomic E-state index is -1.73. The monoisotopic (exact) mass is 918 g/mol. The highest BCUT2D eigenvalue weighted by molar-refractivity contribution is 7.44. The van der Waals surface area contributed by atoms with Gasteiger partial charge in [-0.3, -0.25) is 14.3 Å². The Labute approximate surface area is 382 Å². The Bertz CT molecular complexity index is 2610. The Morgan fingerprint density at radius 1 is 0.859 bits per heavy atom. The molecule has 7 rings (SSSR count). The highest BCUT2D eigenvalue weighted by atomic mass is 32.1. The third-order valence-corrected chi connectivity index (χ3v) is 14.9. The molecule has 0 radical (unpaired) electrons. The fraction of sp³-hybridized carbons (Fsp3) is 0.327. The fourth-order valence-corrected chi connectivity index (χ4v) is 11.1. The van der Waals surface area contributed by atoms with Gasteiger partial charge in [-0.15, -0.1) is 22.7 Å². The second-order valence-corrected chi connectivity index (χ2v) is 18.9. The molecule has 15 heteroatoms. The molecule has 6 aromatic rings. The number of methoxy groups -OCH3 is 2. The van der Waals surface area contributed by atoms with Crippen LogP contribution >= 0.6 is 31.2 Å². The number of hydrogen-bond donors (Lipinski definition) is 1. The predicted octanol–water partition coefficient (Wildman–Crippen LogP) is 9.70. The second-order valence-electron chi connectivity index (χ2n) is 15.5. The Morgan fingerprint density at radius 2 is 1.52 bits per heavy atom. The summed E-state index contributed by atoms with van der Waals surface area (Å²) in [5, 5.41) is 11.5. The average molecular weight is 919 g/mol. The lowest BCUT2D eigenvalue weighted by atomic mass is 9.80. The lowest BCUT2D eigenvalue weighted by molar-refractivity contribution is -0.0925. The van der Waals surface area contributed by atoms with Gasteiger partial charge < -0.3 is 28.0 Å². The number of thiophene rings is 2. The summed E-state index contributed by atoms with van der Waals surface area (Å²) in [6.45, 7) is 8.44. The maximum atomic E-state index is 13.7. The molecule has 1 aliphatic heterocycles. The van der Waals surface area contributed by atoms with Gasteiger partial charge in [0.2, 0.25) is 0 Å². The number of rotatable bonds is 18. The summed E-state index contributed by atoms with van der Waals surface area (Å²) in [6, 6.07) is 35.7. The van der Waals surface area contributed by atoms with Crippen molar-refractivity contribution in [1.29, 1.82) is 5.26 Å². The fourth-order valence-electron chi connectivity index (χ4n) is 7.70. The first kappa shape index (κ1) is 46.6. The molecular formula is C49H51N4O8PS2. The van der Waals surface area contributed by atoms with Crippen LogP contribution in [0.15, 0.2) is 124 Å². The van der Waals surface area contributed by atoms with Crippen molar-refractivity contribution in [2.24, 2.45) is 0 Å². The van der Waals surface area contributed by atoms with E-state index in [0.717, 1.165) is 31.3 Å². The number of nitriles is 1. The SMILES string of the molecule is COc1ccc(C(OC[C@H]2O[C@@H](n3cc(C#Cc4ccc(-c5cccs5)s4)c(=O)[nH]c3=O)C[C@@H]2OP(OCCC#N)N(C(C)C)C(C)C)(c2ccccc2)c2ccc(OC)cc2)cc1. The summed E-state index contributed by atoms with van der Waals surface area (Å²) in [7, 11) is 1.52. The number of ether oxygens (including phenoxy) is 4. The van der Waals surface area contributed by atoms with Crippen molar-refractivity contribution in [3.8, 4) is 39.2 Å². The number of H-pyrrole nitrogens is 1. The molecule has 1 unspecified atom stereocenters. The van der Waals surface area contributed by atoms with Gasteiger partial charge in [0, 0.05) is 34.5 Å². The minimum Gasteiger partial charge on any atom is -0.497 e. The average Bonchev–Trinajstić information content (AvgIpc) is 4.10. The number of nitrogens with one attached hydrogen (secondary N) is 1. The molecule has 0 saturated carbocycles. The third kappa shape index (κ3) is 10.6. The van der Waals surface area contributed by atoms with E-state index < -0.39 is 43.8 Å². The van der Waals surface area contributed by atoms with Crippen LogP contribution in [0.1, 0.15) is 73.9 Å². The summed E-state index contributed by atoms with van der Waals surface area (Å²) in [5.41, 5.74) is 0.214. The number of aromatic nitrogens is 2. The molecule has 64 heavy (non-hydrogen) atoms. The number of aromatic amines is 1. The molecule has 0 amide bonds. The van der Waals surface area contributed by atoms with Gasteiger partial charge in [0.05, 0.1) is 50.9 Å². The topological polar surface area (TPSA) is 137 Å². The minimum absolute atomic E-state index is 0.00539. The molecule has 0 spiro atoms. The standard InChI is InChI=1S/C49H51N4O8PS2/c1-33(2)53(34(3)4)62(59-28-11-27-50)61-42-30-46(52-31-35(47(54)51-48(52)55)15-24-41-25-26-45(64-41)44-14-10-29-63-44)60-43(42)32-58-49(36-12-8-7-9-13-36,37-16-20-39(56-5)21-17-37)38-18-22-40(57-6)23-19-38/h7-10,12-14,16-23,25-26,29,31,33-34,42-43,46H,11,28,30,32H2,1-6H3,(H,51,54,55)/t42-,43+,46+,62?/m0/s1. The van der Waals surface area contributed by atoms with Gasteiger partial charge in [0.15, 0.2) is 0 Å². The van der Waals surface area contributed by atoms with Crippen molar-refractivity contribution in [3.05, 3.63) is 163 Å². The highest BCUT2D eigenvalue weighted by Crippen LogP contribution is 2.51. The molecule has 3 aromatic heterocycles. The summed E-state index contributed by atoms with van der Waals surface area (Å²) in [4.78, 5) is 32.4. The van der Waals surface area contributed by atoms with Crippen LogP contribution in [0.3, 0.4) is 0 Å². The van der Waals surface area contributed by atoms with Gasteiger partial charge in [0.25, 0.3) is 14.1 Å². The van der Waals surface area contributed by atoms with E-state index in [-0.39, 0.29) is 43.7 Å². The smallest absolute Gasteiger partial charge is 0.330 e. The Hall–Kier alpha value is -5.38. The number of benzene rings is 3. The largest absolute Gasteiger partial charge is 0.497 e. The highest BCUT2D eigenvalue weighted by Gasteiger charge is 2.45. The first-order valence-electron chi connectivity index (χ1n) is 20.9. The summed E-state index contributed by atoms with van der Waals surface area (Å²) >= 11 is 3.18. The molecule has 332 valence electrons. The molecule has 4 atom stereocenters. The molecule has 1 N–H and O–H groups in total. The predicted molar refractivity (Wildman–Crippen MR) is 252 cm³/mol. The Morgan fingerprint density at radius 3 is 2.11 bits per heavy atom. The van der Waals surface area contributed by atoms with E-state index in [4.69, 9.17) is 28.0 Å². The third-order valence-electron chi connectivity index (χ3n) is 10.7. The molecule has 12 nitrogen and oxygen atoms in total. The molecule has 4 heterocycles. The molecular weight excluding hydrogens is 868 g/mol. The van der Waals surface area contributed by atoms with E-state index >= 15 is 0 Å². The lowest BCUT2D eigenvalue weighted by Gasteiger charge is -2.39. The van der Waals surface area contributed by atoms with E-state index in [1.165, 1.54) is 22.1 Å². The molecule has 1 saturated heterocycles. The molecule has 0 aliphatic carbocycles. The summed E-state index contributed by atoms with van der Waals surface area (Å²) in [6.07, 6.45) is -0.471. The molecule has 1 fully saturated rings. The number of nitrogens with zero attached hydrogens (tertiary/aromatic N) is 3. The molecule has 0 bridgehead atoms. The Kier molecular flexibility index (Phi) is 15.7. The van der Waals surface area contributed by atoms with Crippen molar-refractivity contribution in [2.75, 3.05) is 27.4 Å². The van der Waals surface area contributed by atoms with Crippen LogP contribution in [0.25, 0.3) is 9.75 Å². The van der Waals surface area contributed by atoms with Crippen LogP contribution in [0.5, 0.6) is 11.5 Å². The van der Waals surface area contributed by atoms with Gasteiger partial charge in [-0.2, -0.15) is 5.26 Å². The molecule has 1 aliphatic rings. The van der Waals surface area contributed by atoms with Crippen molar-refractivity contribution < 1.29 is 28.0 Å². The van der Waals surface area contributed by atoms with Gasteiger partial charge >= 0.3 is 5.69 Å². The zero-order valence-corrected chi connectivity index (χ0v) is 39.1. The van der Waals surface area contributed by atoms with Crippen molar-refractivity contribution >= 4 is 31.2 Å². The number of hydrogen-bond acceptors (Lipinski definition) is 12. The van der Waals surface area contributed by atoms with Gasteiger partial charge in [-0.25, -0.2) is 9.46 Å². The van der Waals surface area contributed by atoms with Crippen molar-refractivity contribution in [1.82, 2.24) is 14.2 Å². The van der Waals surface area contributed by atoms with Crippen LogP contribution < -0.4 is 20.7 Å². The van der Waals surface area contributed by atoms with Crippen LogP contribution in [-0.4, -0.2) is 65.9 Å². The quantitative estimate of drug-likeness (QED) is 0.0384. The second kappa shape index (κ2) is 21.5. The summed E-state index contributed by atoms with van der Waals surface area (Å²) in [5.74, 6) is 7.49. The first-order valence-corrected chi connectivity index (χ1v) is 23.8. The van der Waals surface area contributed by atoms with E-state index in [1.54, 1.807) is 25.6 Å². The summed E-state index contributed by atoms with van der Waals surface area (Å²) < 4.78 is 42.1. The van der Waals surface area contributed by atoms with E-state index in [9.17, 15) is 14.9 Å². The van der Waals surface area contributed by atoms with E-state index in [1.807, 2.05) is 102 Å². The van der Waals surface area contributed by atoms with Crippen LogP contribution in [-0.2, 0) is 24.1 Å². The van der Waals surface area contributed by atoms with Crippen LogP contribution in [0.4, 0.5) is 0 Å². The van der Waals surface area contributed by atoms with Gasteiger partial charge in [-0.05, 0) is 92.2 Å². The van der Waals surface area contributed by atoms with Crippen molar-refractivity contribution in [2.45, 2.75) is 76.7 Å². The van der Waals surface area contributed by atoms with Gasteiger partial charge in [0.1, 0.15) is 35.0 Å². The molecule has 3 aromatic carbocycles. The normalized spacial score (nSPS) is 16.7. The lowest BCUT2D eigenvalue weighted by Crippen LogP contribution is -2.39. The van der Waals surface area contributed by atoms with Gasteiger partial charge in [-0.1, -0.05) is 72.5 Å².